The Morgan fingerprint density at radius 3 is 2.62 bits per heavy atom. The molecule has 0 aliphatic heterocycles. The largest absolute Gasteiger partial charge is 0.506 e. The normalized spacial score (nSPS) is 10.9. The number of hydrogen-bond donors (Lipinski definition) is 1. The second-order valence-corrected chi connectivity index (χ2v) is 5.51. The van der Waals surface area contributed by atoms with Gasteiger partial charge in [0.2, 0.25) is 5.76 Å². The molecule has 1 aromatic carbocycles. The first kappa shape index (κ1) is 17.6. The second kappa shape index (κ2) is 6.95. The summed E-state index contributed by atoms with van der Waals surface area (Å²) in [7, 11) is 1.52. The molecule has 0 fully saturated rings. The number of esters is 1. The van der Waals surface area contributed by atoms with E-state index in [0.29, 0.717) is 17.6 Å². The van der Waals surface area contributed by atoms with Crippen LogP contribution in [0.4, 0.5) is 0 Å². The van der Waals surface area contributed by atoms with E-state index in [-0.39, 0.29) is 35.0 Å². The van der Waals surface area contributed by atoms with Crippen molar-refractivity contribution in [1.82, 2.24) is 0 Å². The number of rotatable bonds is 5. The fraction of sp³-hybridized carbons (Fsp3) is 0.263. The molecule has 26 heavy (non-hydrogen) atoms. The summed E-state index contributed by atoms with van der Waals surface area (Å²) >= 11 is 0. The van der Waals surface area contributed by atoms with Gasteiger partial charge in [-0.2, -0.15) is 0 Å². The van der Waals surface area contributed by atoms with Gasteiger partial charge in [0.15, 0.2) is 0 Å². The third-order valence-corrected chi connectivity index (χ3v) is 3.99. The minimum Gasteiger partial charge on any atom is -0.506 e. The van der Waals surface area contributed by atoms with E-state index < -0.39 is 11.6 Å². The minimum atomic E-state index is -0.786. The van der Waals surface area contributed by atoms with E-state index in [1.807, 2.05) is 6.92 Å². The van der Waals surface area contributed by atoms with E-state index in [9.17, 15) is 14.7 Å². The van der Waals surface area contributed by atoms with Crippen molar-refractivity contribution >= 4 is 16.9 Å². The van der Waals surface area contributed by atoms with Gasteiger partial charge in [-0.3, -0.25) is 0 Å². The van der Waals surface area contributed by atoms with Gasteiger partial charge in [-0.05, 0) is 37.1 Å². The average molecular weight is 358 g/mol. The minimum absolute atomic E-state index is 0.0232. The van der Waals surface area contributed by atoms with Crippen molar-refractivity contribution < 1.29 is 28.2 Å². The molecule has 3 rings (SSSR count). The Labute approximate surface area is 148 Å². The molecule has 0 radical (unpaired) electrons. The molecule has 2 heterocycles. The van der Waals surface area contributed by atoms with Crippen molar-refractivity contribution in [3.05, 3.63) is 46.0 Å². The van der Waals surface area contributed by atoms with Crippen LogP contribution >= 0.6 is 0 Å². The van der Waals surface area contributed by atoms with E-state index in [2.05, 4.69) is 0 Å². The summed E-state index contributed by atoms with van der Waals surface area (Å²) in [4.78, 5) is 24.1. The lowest BCUT2D eigenvalue weighted by Gasteiger charge is -2.10. The number of benzene rings is 1. The molecule has 136 valence electrons. The molecule has 7 nitrogen and oxygen atoms in total. The van der Waals surface area contributed by atoms with Crippen molar-refractivity contribution in [2.45, 2.75) is 20.3 Å². The number of ether oxygens (including phenoxy) is 2. The highest BCUT2D eigenvalue weighted by Gasteiger charge is 2.22. The standard InChI is InChI=1S/C19H18O7/c1-4-10-8-11-15(9-14(10)23-3)26-19(22)16(17(11)20)12-6-7-13(25-12)18(21)24-5-2/h6-9,20H,4-5H2,1-3H3. The number of carbonyl (C=O) groups is 1. The van der Waals surface area contributed by atoms with E-state index in [1.165, 1.54) is 19.2 Å². The highest BCUT2D eigenvalue weighted by atomic mass is 16.5. The summed E-state index contributed by atoms with van der Waals surface area (Å²) in [5.74, 6) is -0.405. The Hall–Kier alpha value is -3.22. The number of hydrogen-bond acceptors (Lipinski definition) is 7. The summed E-state index contributed by atoms with van der Waals surface area (Å²) < 4.78 is 20.8. The van der Waals surface area contributed by atoms with Gasteiger partial charge in [0.25, 0.3) is 0 Å². The van der Waals surface area contributed by atoms with Crippen molar-refractivity contribution in [1.29, 1.82) is 0 Å². The van der Waals surface area contributed by atoms with Crippen LogP contribution < -0.4 is 10.4 Å². The van der Waals surface area contributed by atoms with Gasteiger partial charge >= 0.3 is 11.6 Å². The van der Waals surface area contributed by atoms with Crippen molar-refractivity contribution in [2.75, 3.05) is 13.7 Å². The summed E-state index contributed by atoms with van der Waals surface area (Å²) in [6.07, 6.45) is 0.667. The van der Waals surface area contributed by atoms with E-state index in [0.717, 1.165) is 5.56 Å². The predicted molar refractivity (Wildman–Crippen MR) is 93.7 cm³/mol. The maximum absolute atomic E-state index is 12.4. The van der Waals surface area contributed by atoms with Gasteiger partial charge in [0, 0.05) is 6.07 Å². The van der Waals surface area contributed by atoms with Crippen LogP contribution in [0.2, 0.25) is 0 Å². The molecule has 2 aromatic heterocycles. The van der Waals surface area contributed by atoms with Gasteiger partial charge in [0.05, 0.1) is 19.1 Å². The Morgan fingerprint density at radius 1 is 1.19 bits per heavy atom. The maximum atomic E-state index is 12.4. The molecule has 7 heteroatoms. The average Bonchev–Trinajstić information content (AvgIpc) is 3.10. The summed E-state index contributed by atoms with van der Waals surface area (Å²) in [6, 6.07) is 6.05. The van der Waals surface area contributed by atoms with Crippen LogP contribution in [-0.2, 0) is 11.2 Å². The molecule has 3 aromatic rings. The van der Waals surface area contributed by atoms with Crippen molar-refractivity contribution in [3.8, 4) is 22.8 Å². The second-order valence-electron chi connectivity index (χ2n) is 5.51. The van der Waals surface area contributed by atoms with Gasteiger partial charge in [0.1, 0.15) is 28.4 Å². The zero-order valence-corrected chi connectivity index (χ0v) is 14.6. The molecule has 1 N–H and O–H groups in total. The van der Waals surface area contributed by atoms with Crippen molar-refractivity contribution in [2.24, 2.45) is 0 Å². The quantitative estimate of drug-likeness (QED) is 0.550. The molecule has 0 saturated carbocycles. The summed E-state index contributed by atoms with van der Waals surface area (Å²) in [5.41, 5.74) is 0.107. The van der Waals surface area contributed by atoms with E-state index in [1.54, 1.807) is 19.1 Å². The zero-order chi connectivity index (χ0) is 18.8. The first-order valence-electron chi connectivity index (χ1n) is 8.14. The number of fused-ring (bicyclic) bond motifs is 1. The molecule has 0 amide bonds. The molecule has 0 saturated heterocycles. The molecular weight excluding hydrogens is 340 g/mol. The summed E-state index contributed by atoms with van der Waals surface area (Å²) in [5, 5.41) is 11.0. The first-order valence-corrected chi connectivity index (χ1v) is 8.14. The SMILES string of the molecule is CCOC(=O)c1ccc(-c2c(O)c3cc(CC)c(OC)cc3oc2=O)o1. The number of carbonyl (C=O) groups excluding carboxylic acids is 1. The molecule has 0 spiro atoms. The number of aromatic hydroxyl groups is 1. The monoisotopic (exact) mass is 358 g/mol. The fourth-order valence-corrected chi connectivity index (χ4v) is 2.73. The van der Waals surface area contributed by atoms with Gasteiger partial charge < -0.3 is 23.4 Å². The molecular formula is C19H18O7. The Kier molecular flexibility index (Phi) is 4.71. The van der Waals surface area contributed by atoms with Gasteiger partial charge in [-0.1, -0.05) is 6.92 Å². The zero-order valence-electron chi connectivity index (χ0n) is 14.6. The van der Waals surface area contributed by atoms with Crippen LogP contribution in [0, 0.1) is 0 Å². The summed E-state index contributed by atoms with van der Waals surface area (Å²) in [6.45, 7) is 3.81. The Balaban J connectivity index is 2.18. The first-order chi connectivity index (χ1) is 12.5. The highest BCUT2D eigenvalue weighted by Crippen LogP contribution is 2.37. The number of methoxy groups -OCH3 is 1. The lowest BCUT2D eigenvalue weighted by atomic mass is 10.1. The van der Waals surface area contributed by atoms with Crippen LogP contribution in [0.5, 0.6) is 11.5 Å². The molecule has 0 aliphatic rings. The fourth-order valence-electron chi connectivity index (χ4n) is 2.73. The Bertz CT molecular complexity index is 1030. The lowest BCUT2D eigenvalue weighted by Crippen LogP contribution is -2.04. The Morgan fingerprint density at radius 2 is 1.96 bits per heavy atom. The predicted octanol–water partition coefficient (Wildman–Crippen LogP) is 3.51. The van der Waals surface area contributed by atoms with E-state index in [4.69, 9.17) is 18.3 Å². The molecule has 0 atom stereocenters. The van der Waals surface area contributed by atoms with Crippen LogP contribution in [0.25, 0.3) is 22.3 Å². The van der Waals surface area contributed by atoms with Crippen LogP contribution in [-0.4, -0.2) is 24.8 Å². The third-order valence-electron chi connectivity index (χ3n) is 3.99. The van der Waals surface area contributed by atoms with Crippen LogP contribution in [0.15, 0.2) is 37.9 Å². The van der Waals surface area contributed by atoms with Gasteiger partial charge in [-0.25, -0.2) is 9.59 Å². The smallest absolute Gasteiger partial charge is 0.374 e. The van der Waals surface area contributed by atoms with Gasteiger partial charge in [-0.15, -0.1) is 0 Å². The lowest BCUT2D eigenvalue weighted by molar-refractivity contribution is 0.0491. The van der Waals surface area contributed by atoms with Crippen LogP contribution in [0.3, 0.4) is 0 Å². The molecule has 0 aliphatic carbocycles. The number of furan rings is 1. The topological polar surface area (TPSA) is 99.1 Å². The highest BCUT2D eigenvalue weighted by molar-refractivity contribution is 5.92. The molecule has 0 unspecified atom stereocenters. The van der Waals surface area contributed by atoms with E-state index >= 15 is 0 Å². The van der Waals surface area contributed by atoms with Crippen LogP contribution in [0.1, 0.15) is 30.0 Å². The number of aryl methyl sites for hydroxylation is 1. The maximum Gasteiger partial charge on any atom is 0.374 e. The third kappa shape index (κ3) is 2.92. The molecule has 0 bridgehead atoms. The van der Waals surface area contributed by atoms with Crippen molar-refractivity contribution in [3.63, 3.8) is 0 Å².